The van der Waals surface area contributed by atoms with Crippen LogP contribution in [0, 0.1) is 11.8 Å². The van der Waals surface area contributed by atoms with Gasteiger partial charge in [-0.25, -0.2) is 0 Å². The number of aliphatic carboxylic acids is 1. The highest BCUT2D eigenvalue weighted by atomic mass is 35.5. The molecule has 1 saturated carbocycles. The number of halogens is 1. The topological polar surface area (TPSA) is 77.9 Å². The van der Waals surface area contributed by atoms with Gasteiger partial charge in [0.1, 0.15) is 0 Å². The summed E-state index contributed by atoms with van der Waals surface area (Å²) in [7, 11) is 0. The minimum Gasteiger partial charge on any atom is -0.481 e. The fraction of sp³-hybridized carbons (Fsp3) is 0.550. The Morgan fingerprint density at radius 2 is 1.41 bits per heavy atom. The standard InChI is InChI=1S/C20H25ClN2O4/c21-17-7-1-14(2-8-17)13-18(24)22-9-11-23(12-10-22)19(25)15-3-5-16(6-4-15)20(26)27/h1-2,7-8,15-16H,3-6,9-13H2,(H,26,27). The van der Waals surface area contributed by atoms with Gasteiger partial charge >= 0.3 is 5.97 Å². The SMILES string of the molecule is O=C(O)C1CCC(C(=O)N2CCN(C(=O)Cc3ccc(Cl)cc3)CC2)CC1. The highest BCUT2D eigenvalue weighted by Gasteiger charge is 2.33. The minimum absolute atomic E-state index is 0.0615. The maximum absolute atomic E-state index is 12.7. The number of nitrogens with zero attached hydrogens (tertiary/aromatic N) is 2. The predicted molar refractivity (Wildman–Crippen MR) is 101 cm³/mol. The molecule has 1 aliphatic carbocycles. The first kappa shape index (κ1) is 19.7. The van der Waals surface area contributed by atoms with E-state index in [0.29, 0.717) is 63.3 Å². The van der Waals surface area contributed by atoms with Crippen LogP contribution in [0.5, 0.6) is 0 Å². The van der Waals surface area contributed by atoms with Gasteiger partial charge in [0.25, 0.3) is 0 Å². The summed E-state index contributed by atoms with van der Waals surface area (Å²) in [6.07, 6.45) is 2.78. The average Bonchev–Trinajstić information content (AvgIpc) is 2.69. The van der Waals surface area contributed by atoms with E-state index in [1.165, 1.54) is 0 Å². The molecule has 0 bridgehead atoms. The van der Waals surface area contributed by atoms with Crippen LogP contribution >= 0.6 is 11.6 Å². The number of carboxylic acid groups (broad SMARTS) is 1. The second-order valence-electron chi connectivity index (χ2n) is 7.40. The fourth-order valence-electron chi connectivity index (χ4n) is 3.91. The van der Waals surface area contributed by atoms with Crippen molar-refractivity contribution in [2.24, 2.45) is 11.8 Å². The summed E-state index contributed by atoms with van der Waals surface area (Å²) < 4.78 is 0. The van der Waals surface area contributed by atoms with Crippen molar-refractivity contribution in [2.75, 3.05) is 26.2 Å². The molecule has 0 atom stereocenters. The summed E-state index contributed by atoms with van der Waals surface area (Å²) in [5.41, 5.74) is 0.929. The average molecular weight is 393 g/mol. The van der Waals surface area contributed by atoms with Crippen LogP contribution in [0.2, 0.25) is 5.02 Å². The van der Waals surface area contributed by atoms with E-state index in [2.05, 4.69) is 0 Å². The van der Waals surface area contributed by atoms with Crippen molar-refractivity contribution in [3.8, 4) is 0 Å². The zero-order valence-electron chi connectivity index (χ0n) is 15.3. The van der Waals surface area contributed by atoms with E-state index in [-0.39, 0.29) is 23.7 Å². The number of hydrogen-bond acceptors (Lipinski definition) is 3. The Balaban J connectivity index is 1.45. The van der Waals surface area contributed by atoms with E-state index in [4.69, 9.17) is 16.7 Å². The summed E-state index contributed by atoms with van der Waals surface area (Å²) in [6.45, 7) is 2.18. The van der Waals surface area contributed by atoms with Crippen LogP contribution in [0.15, 0.2) is 24.3 Å². The molecule has 2 aliphatic rings. The van der Waals surface area contributed by atoms with Crippen molar-refractivity contribution in [2.45, 2.75) is 32.1 Å². The van der Waals surface area contributed by atoms with Gasteiger partial charge in [-0.05, 0) is 43.4 Å². The molecule has 6 nitrogen and oxygen atoms in total. The summed E-state index contributed by atoms with van der Waals surface area (Å²) in [6, 6.07) is 7.26. The van der Waals surface area contributed by atoms with Gasteiger partial charge in [0.15, 0.2) is 0 Å². The Labute approximate surface area is 164 Å². The highest BCUT2D eigenvalue weighted by molar-refractivity contribution is 6.30. The van der Waals surface area contributed by atoms with E-state index in [0.717, 1.165) is 5.56 Å². The van der Waals surface area contributed by atoms with Gasteiger partial charge in [-0.1, -0.05) is 23.7 Å². The third-order valence-electron chi connectivity index (χ3n) is 5.64. The van der Waals surface area contributed by atoms with E-state index in [9.17, 15) is 14.4 Å². The van der Waals surface area contributed by atoms with Gasteiger partial charge in [0, 0.05) is 37.1 Å². The number of carboxylic acids is 1. The second-order valence-corrected chi connectivity index (χ2v) is 7.83. The molecule has 1 saturated heterocycles. The maximum Gasteiger partial charge on any atom is 0.306 e. The fourth-order valence-corrected chi connectivity index (χ4v) is 4.04. The van der Waals surface area contributed by atoms with Crippen molar-refractivity contribution in [1.29, 1.82) is 0 Å². The summed E-state index contributed by atoms with van der Waals surface area (Å²) in [5, 5.41) is 9.72. The summed E-state index contributed by atoms with van der Waals surface area (Å²) in [5.74, 6) is -0.961. The molecule has 1 heterocycles. The molecule has 0 radical (unpaired) electrons. The van der Waals surface area contributed by atoms with Gasteiger partial charge in [0.05, 0.1) is 12.3 Å². The minimum atomic E-state index is -0.756. The smallest absolute Gasteiger partial charge is 0.306 e. The third-order valence-corrected chi connectivity index (χ3v) is 5.89. The van der Waals surface area contributed by atoms with Crippen molar-refractivity contribution in [3.05, 3.63) is 34.9 Å². The molecular formula is C20H25ClN2O4. The number of carbonyl (C=O) groups excluding carboxylic acids is 2. The monoisotopic (exact) mass is 392 g/mol. The van der Waals surface area contributed by atoms with Crippen LogP contribution < -0.4 is 0 Å². The van der Waals surface area contributed by atoms with E-state index < -0.39 is 5.97 Å². The number of rotatable bonds is 4. The Bertz CT molecular complexity index is 690. The molecule has 0 aromatic heterocycles. The Kier molecular flexibility index (Phi) is 6.37. The molecule has 7 heteroatoms. The first-order chi connectivity index (χ1) is 12.9. The molecule has 0 spiro atoms. The quantitative estimate of drug-likeness (QED) is 0.853. The van der Waals surface area contributed by atoms with E-state index in [1.807, 2.05) is 17.0 Å². The zero-order chi connectivity index (χ0) is 19.4. The molecule has 1 aromatic carbocycles. The van der Waals surface area contributed by atoms with Crippen molar-refractivity contribution in [1.82, 2.24) is 9.80 Å². The van der Waals surface area contributed by atoms with Crippen molar-refractivity contribution >= 4 is 29.4 Å². The summed E-state index contributed by atoms with van der Waals surface area (Å²) >= 11 is 5.87. The van der Waals surface area contributed by atoms with Crippen LogP contribution in [0.25, 0.3) is 0 Å². The normalized spacial score (nSPS) is 23.1. The van der Waals surface area contributed by atoms with Crippen molar-refractivity contribution < 1.29 is 19.5 Å². The van der Waals surface area contributed by atoms with Gasteiger partial charge in [-0.2, -0.15) is 0 Å². The number of carbonyl (C=O) groups is 3. The number of hydrogen-bond donors (Lipinski definition) is 1. The molecular weight excluding hydrogens is 368 g/mol. The largest absolute Gasteiger partial charge is 0.481 e. The van der Waals surface area contributed by atoms with Crippen molar-refractivity contribution in [3.63, 3.8) is 0 Å². The number of piperazine rings is 1. The Morgan fingerprint density at radius 3 is 1.96 bits per heavy atom. The third kappa shape index (κ3) is 5.01. The molecule has 27 heavy (non-hydrogen) atoms. The van der Waals surface area contributed by atoms with E-state index >= 15 is 0 Å². The molecule has 2 amide bonds. The Hall–Kier alpha value is -2.08. The maximum atomic E-state index is 12.7. The molecule has 0 unspecified atom stereocenters. The zero-order valence-corrected chi connectivity index (χ0v) is 16.0. The predicted octanol–water partition coefficient (Wildman–Crippen LogP) is 2.44. The molecule has 1 aliphatic heterocycles. The highest BCUT2D eigenvalue weighted by Crippen LogP contribution is 2.30. The lowest BCUT2D eigenvalue weighted by Crippen LogP contribution is -2.52. The number of benzene rings is 1. The van der Waals surface area contributed by atoms with Gasteiger partial charge in [-0.3, -0.25) is 14.4 Å². The number of amides is 2. The van der Waals surface area contributed by atoms with Crippen LogP contribution in [0.1, 0.15) is 31.2 Å². The second kappa shape index (κ2) is 8.74. The first-order valence-corrected chi connectivity index (χ1v) is 9.85. The molecule has 1 aromatic rings. The van der Waals surface area contributed by atoms with Gasteiger partial charge < -0.3 is 14.9 Å². The van der Waals surface area contributed by atoms with Gasteiger partial charge in [0.2, 0.25) is 11.8 Å². The van der Waals surface area contributed by atoms with Crippen LogP contribution in [0.4, 0.5) is 0 Å². The summed E-state index contributed by atoms with van der Waals surface area (Å²) in [4.78, 5) is 39.8. The first-order valence-electron chi connectivity index (χ1n) is 9.48. The van der Waals surface area contributed by atoms with Crippen LogP contribution in [-0.2, 0) is 20.8 Å². The Morgan fingerprint density at radius 1 is 0.889 bits per heavy atom. The molecule has 146 valence electrons. The molecule has 1 N–H and O–H groups in total. The molecule has 3 rings (SSSR count). The van der Waals surface area contributed by atoms with E-state index in [1.54, 1.807) is 17.0 Å². The molecule has 2 fully saturated rings. The lowest BCUT2D eigenvalue weighted by molar-refractivity contribution is -0.146. The van der Waals surface area contributed by atoms with Crippen LogP contribution in [0.3, 0.4) is 0 Å². The lowest BCUT2D eigenvalue weighted by atomic mass is 9.81. The van der Waals surface area contributed by atoms with Crippen LogP contribution in [-0.4, -0.2) is 58.9 Å². The lowest BCUT2D eigenvalue weighted by Gasteiger charge is -2.37. The van der Waals surface area contributed by atoms with Gasteiger partial charge in [-0.15, -0.1) is 0 Å².